The normalized spacial score (nSPS) is 23.0. The van der Waals surface area contributed by atoms with Crippen molar-refractivity contribution in [2.45, 2.75) is 57.5 Å². The summed E-state index contributed by atoms with van der Waals surface area (Å²) in [5, 5.41) is 21.6. The molecule has 11 heteroatoms. The van der Waals surface area contributed by atoms with Crippen LogP contribution in [0.2, 0.25) is 5.02 Å². The second-order valence-electron chi connectivity index (χ2n) is 11.1. The molecule has 0 aliphatic carbocycles. The molecular formula is C32H41ClF2N2O6. The number of carbonyl (C=O) groups is 2. The van der Waals surface area contributed by atoms with E-state index in [1.165, 1.54) is 60.6 Å². The molecule has 2 aromatic rings. The molecular weight excluding hydrogens is 582 g/mol. The van der Waals surface area contributed by atoms with Crippen molar-refractivity contribution in [2.75, 3.05) is 40.0 Å². The number of carbonyl (C=O) groups excluding carboxylic acids is 2. The van der Waals surface area contributed by atoms with Gasteiger partial charge in [0.1, 0.15) is 29.9 Å². The largest absolute Gasteiger partial charge is 0.388 e. The maximum Gasteiger partial charge on any atom is 0.256 e. The van der Waals surface area contributed by atoms with Crippen LogP contribution in [0.4, 0.5) is 8.78 Å². The molecule has 236 valence electrons. The maximum atomic E-state index is 14.8. The van der Waals surface area contributed by atoms with Crippen LogP contribution in [-0.2, 0) is 14.3 Å². The van der Waals surface area contributed by atoms with Gasteiger partial charge < -0.3 is 29.5 Å². The lowest BCUT2D eigenvalue weighted by Gasteiger charge is -2.38. The van der Waals surface area contributed by atoms with E-state index < -0.39 is 41.9 Å². The van der Waals surface area contributed by atoms with Gasteiger partial charge in [-0.05, 0) is 61.1 Å². The Morgan fingerprint density at radius 1 is 1.14 bits per heavy atom. The molecule has 1 aliphatic heterocycles. The van der Waals surface area contributed by atoms with Crippen molar-refractivity contribution < 1.29 is 38.1 Å². The summed E-state index contributed by atoms with van der Waals surface area (Å²) in [5.41, 5.74) is 0.308. The minimum absolute atomic E-state index is 0.0153. The summed E-state index contributed by atoms with van der Waals surface area (Å²) in [6.07, 6.45) is 0.837. The Bertz CT molecular complexity index is 1250. The number of hydrogen-bond donors (Lipinski definition) is 2. The summed E-state index contributed by atoms with van der Waals surface area (Å²) in [6, 6.07) is 8.99. The molecule has 43 heavy (non-hydrogen) atoms. The fraction of sp³-hybridized carbons (Fsp3) is 0.500. The number of aliphatic hydroxyl groups excluding tert-OH is 2. The molecule has 1 aliphatic rings. The van der Waals surface area contributed by atoms with Gasteiger partial charge in [-0.15, -0.1) is 0 Å². The maximum absolute atomic E-state index is 14.8. The number of nitrogens with zero attached hydrogens (tertiary/aromatic N) is 2. The van der Waals surface area contributed by atoms with E-state index in [0.29, 0.717) is 38.0 Å². The van der Waals surface area contributed by atoms with Crippen molar-refractivity contribution in [2.24, 2.45) is 5.92 Å². The molecule has 0 unspecified atom stereocenters. The number of benzene rings is 2. The quantitative estimate of drug-likeness (QED) is 0.458. The third-order valence-corrected chi connectivity index (χ3v) is 7.69. The Morgan fingerprint density at radius 3 is 2.56 bits per heavy atom. The number of hydrogen-bond acceptors (Lipinski definition) is 6. The highest BCUT2D eigenvalue weighted by Crippen LogP contribution is 2.22. The molecule has 0 aromatic heterocycles. The van der Waals surface area contributed by atoms with Crippen LogP contribution in [0.5, 0.6) is 0 Å². The third-order valence-electron chi connectivity index (χ3n) is 7.36. The molecule has 1 heterocycles. The van der Waals surface area contributed by atoms with Crippen molar-refractivity contribution >= 4 is 29.5 Å². The van der Waals surface area contributed by atoms with Crippen LogP contribution in [0.1, 0.15) is 49.0 Å². The standard InChI is InChI=1S/C32H41ClF2N2O6/c1-21(2)16-24-18-36(32(41)25-8-4-5-9-27(25)35)19-29(42-3)31(40)28(38)20-43-15-7-6-14-37(24)30(39)13-11-22-10-12-23(34)17-26(22)33/h4-5,8-13,17,21,24,28-29,31,38,40H,6-7,14-16,18-20H2,1-3H3/t24-,28-,29-,31-/m1/s1. The fourth-order valence-electron chi connectivity index (χ4n) is 5.09. The van der Waals surface area contributed by atoms with Crippen molar-refractivity contribution in [1.29, 1.82) is 0 Å². The van der Waals surface area contributed by atoms with Gasteiger partial charge in [0.15, 0.2) is 0 Å². The van der Waals surface area contributed by atoms with Crippen molar-refractivity contribution in [3.63, 3.8) is 0 Å². The molecule has 0 spiro atoms. The average molecular weight is 623 g/mol. The zero-order valence-electron chi connectivity index (χ0n) is 24.8. The number of halogens is 3. The Balaban J connectivity index is 2.03. The molecule has 3 rings (SSSR count). The van der Waals surface area contributed by atoms with Crippen LogP contribution < -0.4 is 0 Å². The van der Waals surface area contributed by atoms with E-state index in [1.807, 2.05) is 13.8 Å². The van der Waals surface area contributed by atoms with Gasteiger partial charge in [-0.2, -0.15) is 0 Å². The van der Waals surface area contributed by atoms with E-state index in [2.05, 4.69) is 0 Å². The first-order chi connectivity index (χ1) is 20.5. The van der Waals surface area contributed by atoms with Gasteiger partial charge in [-0.1, -0.05) is 43.6 Å². The van der Waals surface area contributed by atoms with Crippen LogP contribution >= 0.6 is 11.6 Å². The van der Waals surface area contributed by atoms with E-state index in [1.54, 1.807) is 11.0 Å². The number of methoxy groups -OCH3 is 1. The van der Waals surface area contributed by atoms with Gasteiger partial charge in [-0.3, -0.25) is 9.59 Å². The summed E-state index contributed by atoms with van der Waals surface area (Å²) in [6.45, 7) is 4.32. The van der Waals surface area contributed by atoms with Crippen LogP contribution in [0.15, 0.2) is 48.5 Å². The van der Waals surface area contributed by atoms with Gasteiger partial charge in [0.05, 0.1) is 17.2 Å². The third kappa shape index (κ3) is 10.1. The lowest BCUT2D eigenvalue weighted by Crippen LogP contribution is -2.53. The predicted octanol–water partition coefficient (Wildman–Crippen LogP) is 4.56. The molecule has 2 N–H and O–H groups in total. The molecule has 0 bridgehead atoms. The van der Waals surface area contributed by atoms with Crippen molar-refractivity contribution in [3.05, 3.63) is 76.3 Å². The zero-order chi connectivity index (χ0) is 31.5. The molecule has 2 aromatic carbocycles. The summed E-state index contributed by atoms with van der Waals surface area (Å²) < 4.78 is 39.4. The lowest BCUT2D eigenvalue weighted by molar-refractivity contribution is -0.130. The van der Waals surface area contributed by atoms with Crippen LogP contribution in [-0.4, -0.2) is 96.1 Å². The number of amides is 2. The van der Waals surface area contributed by atoms with Gasteiger partial charge in [0.2, 0.25) is 5.91 Å². The molecule has 4 atom stereocenters. The van der Waals surface area contributed by atoms with Crippen LogP contribution in [0, 0.1) is 17.6 Å². The van der Waals surface area contributed by atoms with Crippen molar-refractivity contribution in [1.82, 2.24) is 9.80 Å². The first kappa shape index (κ1) is 34.6. The van der Waals surface area contributed by atoms with E-state index in [0.717, 1.165) is 0 Å². The molecule has 0 saturated carbocycles. The highest BCUT2D eigenvalue weighted by molar-refractivity contribution is 6.32. The first-order valence-electron chi connectivity index (χ1n) is 14.5. The van der Waals surface area contributed by atoms with Crippen LogP contribution in [0.25, 0.3) is 6.08 Å². The smallest absolute Gasteiger partial charge is 0.256 e. The molecule has 8 nitrogen and oxygen atoms in total. The summed E-state index contributed by atoms with van der Waals surface area (Å²) in [5.74, 6) is -2.05. The molecule has 1 saturated heterocycles. The molecule has 0 radical (unpaired) electrons. The van der Waals surface area contributed by atoms with Gasteiger partial charge in [0, 0.05) is 45.5 Å². The van der Waals surface area contributed by atoms with Crippen LogP contribution in [0.3, 0.4) is 0 Å². The second kappa shape index (κ2) is 16.8. The van der Waals surface area contributed by atoms with Gasteiger partial charge in [0.25, 0.3) is 5.91 Å². The monoisotopic (exact) mass is 622 g/mol. The highest BCUT2D eigenvalue weighted by atomic mass is 35.5. The van der Waals surface area contributed by atoms with E-state index in [-0.39, 0.29) is 42.1 Å². The Kier molecular flexibility index (Phi) is 13.5. The van der Waals surface area contributed by atoms with Gasteiger partial charge >= 0.3 is 0 Å². The molecule has 2 amide bonds. The Labute approximate surface area is 256 Å². The van der Waals surface area contributed by atoms with E-state index in [9.17, 15) is 28.6 Å². The van der Waals surface area contributed by atoms with E-state index >= 15 is 0 Å². The van der Waals surface area contributed by atoms with E-state index in [4.69, 9.17) is 21.1 Å². The SMILES string of the molecule is CO[C@@H]1CN(C(=O)c2ccccc2F)C[C@@H](CC(C)C)N(C(=O)C=Cc2ccc(F)cc2Cl)CCCCOC[C@@H](O)[C@H]1O. The average Bonchev–Trinajstić information content (AvgIpc) is 2.96. The number of aliphatic hydroxyl groups is 2. The minimum Gasteiger partial charge on any atom is -0.388 e. The van der Waals surface area contributed by atoms with Crippen molar-refractivity contribution in [3.8, 4) is 0 Å². The summed E-state index contributed by atoms with van der Waals surface area (Å²) >= 11 is 6.17. The highest BCUT2D eigenvalue weighted by Gasteiger charge is 2.34. The lowest BCUT2D eigenvalue weighted by atomic mass is 9.99. The Morgan fingerprint density at radius 2 is 1.88 bits per heavy atom. The first-order valence-corrected chi connectivity index (χ1v) is 14.8. The Hall–Kier alpha value is -2.89. The summed E-state index contributed by atoms with van der Waals surface area (Å²) in [4.78, 5) is 30.6. The predicted molar refractivity (Wildman–Crippen MR) is 161 cm³/mol. The summed E-state index contributed by atoms with van der Waals surface area (Å²) in [7, 11) is 1.35. The second-order valence-corrected chi connectivity index (χ2v) is 11.5. The number of ether oxygens (including phenoxy) is 2. The zero-order valence-corrected chi connectivity index (χ0v) is 25.6. The topological polar surface area (TPSA) is 99.5 Å². The number of rotatable bonds is 6. The fourth-order valence-corrected chi connectivity index (χ4v) is 5.32. The molecule has 1 fully saturated rings. The minimum atomic E-state index is -1.39. The van der Waals surface area contributed by atoms with Gasteiger partial charge in [-0.25, -0.2) is 8.78 Å².